The molecule has 0 atom stereocenters. The maximum absolute atomic E-state index is 6.27. The lowest BCUT2D eigenvalue weighted by molar-refractivity contribution is 0.611. The Morgan fingerprint density at radius 1 is 0.667 bits per heavy atom. The molecule has 0 aliphatic rings. The number of para-hydroxylation sites is 4. The molecule has 0 saturated carbocycles. The van der Waals surface area contributed by atoms with Crippen molar-refractivity contribution < 1.29 is 8.83 Å². The highest BCUT2D eigenvalue weighted by molar-refractivity contribution is 5.91. The Bertz CT molecular complexity index is 1660. The summed E-state index contributed by atoms with van der Waals surface area (Å²) < 4.78 is 12.4. The van der Waals surface area contributed by atoms with Gasteiger partial charge in [-0.25, -0.2) is 19.9 Å². The highest BCUT2D eigenvalue weighted by atomic mass is 16.4. The van der Waals surface area contributed by atoms with Gasteiger partial charge in [-0.2, -0.15) is 4.98 Å². The minimum atomic E-state index is 0.456. The molecule has 0 N–H and O–H groups in total. The number of rotatable bonds is 10. The van der Waals surface area contributed by atoms with Crippen LogP contribution in [0.2, 0.25) is 0 Å². The van der Waals surface area contributed by atoms with Gasteiger partial charge in [-0.3, -0.25) is 0 Å². The summed E-state index contributed by atoms with van der Waals surface area (Å²) in [6.45, 7) is 6.07. The number of hydrogen-bond donors (Lipinski definition) is 0. The van der Waals surface area contributed by atoms with Gasteiger partial charge in [-0.1, -0.05) is 62.6 Å². The molecule has 3 heterocycles. The first kappa shape index (κ1) is 24.7. The molecule has 3 aromatic carbocycles. The standard InChI is InChI=1S/C31H30N6O2/c1-3-5-6-11-19-37(4-2)31-33-20-32-28(36-31)21-13-12-14-22(29-34-23-15-7-9-17-25(23)38-29)27(21)30-35-24-16-8-10-18-26(24)39-30/h7-10,12-18,20H,3-6,11,19H2,1-2H3. The number of benzene rings is 3. The van der Waals surface area contributed by atoms with Crippen molar-refractivity contribution in [3.05, 3.63) is 73.1 Å². The predicted octanol–water partition coefficient (Wildman–Crippen LogP) is 7.56. The van der Waals surface area contributed by atoms with Crippen molar-refractivity contribution in [3.8, 4) is 34.3 Å². The average Bonchev–Trinajstić information content (AvgIpc) is 3.61. The van der Waals surface area contributed by atoms with Crippen LogP contribution in [0.5, 0.6) is 0 Å². The minimum absolute atomic E-state index is 0.456. The van der Waals surface area contributed by atoms with Gasteiger partial charge in [0.1, 0.15) is 17.4 Å². The second kappa shape index (κ2) is 11.0. The van der Waals surface area contributed by atoms with Crippen LogP contribution in [0, 0.1) is 0 Å². The molecule has 8 nitrogen and oxygen atoms in total. The topological polar surface area (TPSA) is 94.0 Å². The molecule has 0 saturated heterocycles. The van der Waals surface area contributed by atoms with E-state index in [1.54, 1.807) is 6.33 Å². The molecule has 0 bridgehead atoms. The van der Waals surface area contributed by atoms with Crippen LogP contribution in [-0.2, 0) is 0 Å². The van der Waals surface area contributed by atoms with Gasteiger partial charge in [-0.05, 0) is 43.7 Å². The van der Waals surface area contributed by atoms with Crippen molar-refractivity contribution in [1.82, 2.24) is 24.9 Å². The zero-order valence-electron chi connectivity index (χ0n) is 22.2. The van der Waals surface area contributed by atoms with Crippen LogP contribution in [0.4, 0.5) is 5.95 Å². The van der Waals surface area contributed by atoms with Crippen LogP contribution in [0.15, 0.2) is 81.9 Å². The first-order valence-corrected chi connectivity index (χ1v) is 13.5. The molecule has 0 spiro atoms. The number of aromatic nitrogens is 5. The molecule has 6 aromatic rings. The highest BCUT2D eigenvalue weighted by Crippen LogP contribution is 2.40. The van der Waals surface area contributed by atoms with Crippen LogP contribution < -0.4 is 4.90 Å². The molecular weight excluding hydrogens is 488 g/mol. The van der Waals surface area contributed by atoms with E-state index in [4.69, 9.17) is 23.8 Å². The molecule has 0 amide bonds. The Hall–Kier alpha value is -4.59. The van der Waals surface area contributed by atoms with Crippen LogP contribution in [0.1, 0.15) is 39.5 Å². The quantitative estimate of drug-likeness (QED) is 0.171. The monoisotopic (exact) mass is 518 g/mol. The molecule has 0 aliphatic carbocycles. The first-order chi connectivity index (χ1) is 19.2. The summed E-state index contributed by atoms with van der Waals surface area (Å²) >= 11 is 0. The molecule has 8 heteroatoms. The Morgan fingerprint density at radius 3 is 2.08 bits per heavy atom. The number of oxazole rings is 2. The minimum Gasteiger partial charge on any atom is -0.436 e. The van der Waals surface area contributed by atoms with Crippen molar-refractivity contribution in [1.29, 1.82) is 0 Å². The Balaban J connectivity index is 1.49. The van der Waals surface area contributed by atoms with E-state index in [9.17, 15) is 0 Å². The number of nitrogens with zero attached hydrogens (tertiary/aromatic N) is 6. The third kappa shape index (κ3) is 4.97. The SMILES string of the molecule is CCCCCCN(CC)c1ncnc(-c2cccc(-c3nc4ccccc4o3)c2-c2nc3ccccc3o2)n1. The lowest BCUT2D eigenvalue weighted by Crippen LogP contribution is -2.26. The number of anilines is 1. The van der Waals surface area contributed by atoms with Crippen molar-refractivity contribution in [2.24, 2.45) is 0 Å². The number of hydrogen-bond acceptors (Lipinski definition) is 8. The normalized spacial score (nSPS) is 11.4. The van der Waals surface area contributed by atoms with Crippen LogP contribution in [0.25, 0.3) is 56.5 Å². The van der Waals surface area contributed by atoms with Gasteiger partial charge < -0.3 is 13.7 Å². The fourth-order valence-electron chi connectivity index (χ4n) is 4.81. The average molecular weight is 519 g/mol. The zero-order valence-corrected chi connectivity index (χ0v) is 22.2. The second-order valence-corrected chi connectivity index (χ2v) is 9.45. The molecule has 0 aliphatic heterocycles. The smallest absolute Gasteiger partial charge is 0.228 e. The van der Waals surface area contributed by atoms with Gasteiger partial charge in [0.15, 0.2) is 17.0 Å². The van der Waals surface area contributed by atoms with Gasteiger partial charge in [-0.15, -0.1) is 0 Å². The molecule has 6 rings (SSSR count). The molecule has 196 valence electrons. The van der Waals surface area contributed by atoms with Gasteiger partial charge in [0.25, 0.3) is 0 Å². The van der Waals surface area contributed by atoms with E-state index < -0.39 is 0 Å². The Morgan fingerprint density at radius 2 is 1.36 bits per heavy atom. The third-order valence-electron chi connectivity index (χ3n) is 6.84. The molecular formula is C31H30N6O2. The van der Waals surface area contributed by atoms with Gasteiger partial charge in [0.2, 0.25) is 17.7 Å². The lowest BCUT2D eigenvalue weighted by atomic mass is 10.00. The summed E-state index contributed by atoms with van der Waals surface area (Å²) in [5, 5.41) is 0. The van der Waals surface area contributed by atoms with Crippen molar-refractivity contribution in [2.75, 3.05) is 18.0 Å². The maximum Gasteiger partial charge on any atom is 0.228 e. The summed E-state index contributed by atoms with van der Waals surface area (Å²) in [4.78, 5) is 25.8. The van der Waals surface area contributed by atoms with Gasteiger partial charge in [0.05, 0.1) is 11.1 Å². The van der Waals surface area contributed by atoms with Crippen LogP contribution >= 0.6 is 0 Å². The fraction of sp³-hybridized carbons (Fsp3) is 0.258. The van der Waals surface area contributed by atoms with Crippen molar-refractivity contribution >= 4 is 28.1 Å². The molecule has 0 fully saturated rings. The van der Waals surface area contributed by atoms with E-state index in [1.165, 1.54) is 19.3 Å². The molecule has 39 heavy (non-hydrogen) atoms. The van der Waals surface area contributed by atoms with Crippen molar-refractivity contribution in [2.45, 2.75) is 39.5 Å². The highest BCUT2D eigenvalue weighted by Gasteiger charge is 2.24. The summed E-state index contributed by atoms with van der Waals surface area (Å²) in [5.74, 6) is 2.14. The fourth-order valence-corrected chi connectivity index (χ4v) is 4.81. The van der Waals surface area contributed by atoms with E-state index >= 15 is 0 Å². The zero-order chi connectivity index (χ0) is 26.6. The van der Waals surface area contributed by atoms with E-state index in [0.717, 1.165) is 47.2 Å². The number of unbranched alkanes of at least 4 members (excludes halogenated alkanes) is 3. The summed E-state index contributed by atoms with van der Waals surface area (Å²) in [7, 11) is 0. The summed E-state index contributed by atoms with van der Waals surface area (Å²) in [5.41, 5.74) is 5.22. The summed E-state index contributed by atoms with van der Waals surface area (Å²) in [6, 6.07) is 21.3. The molecule has 3 aromatic heterocycles. The summed E-state index contributed by atoms with van der Waals surface area (Å²) in [6.07, 6.45) is 6.31. The van der Waals surface area contributed by atoms with E-state index in [-0.39, 0.29) is 0 Å². The molecule has 0 unspecified atom stereocenters. The predicted molar refractivity (Wildman–Crippen MR) is 153 cm³/mol. The number of fused-ring (bicyclic) bond motifs is 2. The largest absolute Gasteiger partial charge is 0.436 e. The maximum atomic E-state index is 6.27. The third-order valence-corrected chi connectivity index (χ3v) is 6.84. The van der Waals surface area contributed by atoms with Gasteiger partial charge >= 0.3 is 0 Å². The van der Waals surface area contributed by atoms with E-state index in [1.807, 2.05) is 66.7 Å². The Labute approximate surface area is 226 Å². The Kier molecular flexibility index (Phi) is 6.99. The molecule has 0 radical (unpaired) electrons. The van der Waals surface area contributed by atoms with E-state index in [0.29, 0.717) is 34.7 Å². The van der Waals surface area contributed by atoms with Crippen LogP contribution in [0.3, 0.4) is 0 Å². The lowest BCUT2D eigenvalue weighted by Gasteiger charge is -2.21. The first-order valence-electron chi connectivity index (χ1n) is 13.5. The second-order valence-electron chi connectivity index (χ2n) is 9.45. The van der Waals surface area contributed by atoms with Crippen molar-refractivity contribution in [3.63, 3.8) is 0 Å². The van der Waals surface area contributed by atoms with Crippen LogP contribution in [-0.4, -0.2) is 38.0 Å². The van der Waals surface area contributed by atoms with Gasteiger partial charge in [0, 0.05) is 18.7 Å². The van der Waals surface area contributed by atoms with E-state index in [2.05, 4.69) is 28.7 Å².